The van der Waals surface area contributed by atoms with Crippen LogP contribution in [0.4, 0.5) is 0 Å². The molecule has 0 radical (unpaired) electrons. The molecular formula is C12H10Cl2N2O3. The maximum atomic E-state index is 11.4. The lowest BCUT2D eigenvalue weighted by Crippen LogP contribution is -2.30. The van der Waals surface area contributed by atoms with Crippen LogP contribution in [0.1, 0.15) is 16.1 Å². The highest BCUT2D eigenvalue weighted by Gasteiger charge is 2.14. The summed E-state index contributed by atoms with van der Waals surface area (Å²) in [6.07, 6.45) is 1.38. The van der Waals surface area contributed by atoms with Crippen molar-refractivity contribution >= 4 is 29.1 Å². The molecule has 1 heterocycles. The first-order valence-corrected chi connectivity index (χ1v) is 6.02. The summed E-state index contributed by atoms with van der Waals surface area (Å²) in [5.41, 5.74) is 2.56. The lowest BCUT2D eigenvalue weighted by molar-refractivity contribution is 0.0922. The van der Waals surface area contributed by atoms with E-state index in [1.54, 1.807) is 24.3 Å². The predicted molar refractivity (Wildman–Crippen MR) is 71.2 cm³/mol. The Morgan fingerprint density at radius 3 is 2.63 bits per heavy atom. The molecule has 1 aromatic carbocycles. The van der Waals surface area contributed by atoms with Gasteiger partial charge in [-0.2, -0.15) is 0 Å². The van der Waals surface area contributed by atoms with Crippen LogP contribution in [0.25, 0.3) is 0 Å². The molecule has 19 heavy (non-hydrogen) atoms. The second kappa shape index (κ2) is 5.97. The second-order valence-electron chi connectivity index (χ2n) is 3.64. The first-order chi connectivity index (χ1) is 9.10. The molecule has 2 rings (SSSR count). The number of rotatable bonds is 4. The van der Waals surface area contributed by atoms with Crippen LogP contribution < -0.4 is 16.0 Å². The molecular weight excluding hydrogens is 291 g/mol. The van der Waals surface area contributed by atoms with Crippen LogP contribution in [-0.4, -0.2) is 5.91 Å². The number of furan rings is 1. The van der Waals surface area contributed by atoms with Crippen LogP contribution >= 0.6 is 23.2 Å². The number of ether oxygens (including phenoxy) is 1. The third kappa shape index (κ3) is 3.41. The predicted octanol–water partition coefficient (Wildman–Crippen LogP) is 2.77. The fourth-order valence-electron chi connectivity index (χ4n) is 1.49. The van der Waals surface area contributed by atoms with Gasteiger partial charge in [-0.15, -0.1) is 0 Å². The summed E-state index contributed by atoms with van der Waals surface area (Å²) in [4.78, 5) is 11.4. The van der Waals surface area contributed by atoms with Crippen LogP contribution in [0.3, 0.4) is 0 Å². The van der Waals surface area contributed by atoms with E-state index in [0.29, 0.717) is 21.4 Å². The number of hydrogen-bond donors (Lipinski definition) is 2. The Morgan fingerprint density at radius 2 is 2.00 bits per heavy atom. The number of hydrazine groups is 1. The van der Waals surface area contributed by atoms with Crippen LogP contribution in [0, 0.1) is 0 Å². The first-order valence-electron chi connectivity index (χ1n) is 5.26. The fraction of sp³-hybridized carbons (Fsp3) is 0.0833. The van der Waals surface area contributed by atoms with Crippen molar-refractivity contribution in [1.29, 1.82) is 0 Å². The smallest absolute Gasteiger partial charge is 0.301 e. The van der Waals surface area contributed by atoms with Crippen molar-refractivity contribution in [1.82, 2.24) is 5.43 Å². The highest BCUT2D eigenvalue weighted by Crippen LogP contribution is 2.25. The van der Waals surface area contributed by atoms with E-state index in [2.05, 4.69) is 0 Å². The molecule has 1 aromatic heterocycles. The number of nitrogens with one attached hydrogen (secondary N) is 1. The minimum atomic E-state index is -0.521. The Labute approximate surface area is 119 Å². The van der Waals surface area contributed by atoms with Gasteiger partial charge >= 0.3 is 5.91 Å². The van der Waals surface area contributed by atoms with Gasteiger partial charge in [0.25, 0.3) is 0 Å². The molecule has 0 spiro atoms. The van der Waals surface area contributed by atoms with Crippen LogP contribution in [0.15, 0.2) is 34.9 Å². The van der Waals surface area contributed by atoms with Crippen LogP contribution in [0.2, 0.25) is 10.0 Å². The normalized spacial score (nSPS) is 10.3. The van der Waals surface area contributed by atoms with E-state index in [9.17, 15) is 4.79 Å². The maximum absolute atomic E-state index is 11.4. The number of nitrogens with two attached hydrogens (primary N) is 1. The van der Waals surface area contributed by atoms with Gasteiger partial charge in [0.15, 0.2) is 5.76 Å². The van der Waals surface area contributed by atoms with Crippen molar-refractivity contribution in [2.45, 2.75) is 6.61 Å². The van der Waals surface area contributed by atoms with Crippen LogP contribution in [-0.2, 0) is 6.61 Å². The molecule has 7 heteroatoms. The number of benzene rings is 1. The molecule has 1 amide bonds. The molecule has 2 aromatic rings. The largest absolute Gasteiger partial charge is 0.489 e. The van der Waals surface area contributed by atoms with E-state index in [0.717, 1.165) is 0 Å². The van der Waals surface area contributed by atoms with Crippen molar-refractivity contribution in [3.8, 4) is 5.75 Å². The summed E-state index contributed by atoms with van der Waals surface area (Å²) >= 11 is 11.7. The number of carbonyl (C=O) groups excluding carboxylic acids is 1. The summed E-state index contributed by atoms with van der Waals surface area (Å²) in [5, 5.41) is 0.934. The van der Waals surface area contributed by atoms with E-state index < -0.39 is 5.91 Å². The van der Waals surface area contributed by atoms with Gasteiger partial charge in [-0.05, 0) is 24.3 Å². The third-order valence-corrected chi connectivity index (χ3v) is 2.75. The lowest BCUT2D eigenvalue weighted by Gasteiger charge is -2.07. The Bertz CT molecular complexity index is 578. The van der Waals surface area contributed by atoms with Crippen LogP contribution in [0.5, 0.6) is 5.75 Å². The van der Waals surface area contributed by atoms with E-state index in [1.165, 1.54) is 6.26 Å². The number of carbonyl (C=O) groups is 1. The van der Waals surface area contributed by atoms with Crippen molar-refractivity contribution in [2.75, 3.05) is 0 Å². The number of nitrogen functional groups attached to an aromatic ring is 1. The zero-order chi connectivity index (χ0) is 13.8. The van der Waals surface area contributed by atoms with Gasteiger partial charge < -0.3 is 9.15 Å². The average molecular weight is 301 g/mol. The van der Waals surface area contributed by atoms with Gasteiger partial charge in [-0.25, -0.2) is 5.84 Å². The summed E-state index contributed by atoms with van der Waals surface area (Å²) in [6.45, 7) is 0.135. The minimum absolute atomic E-state index is 0.107. The lowest BCUT2D eigenvalue weighted by atomic mass is 10.2. The second-order valence-corrected chi connectivity index (χ2v) is 4.52. The molecule has 0 aliphatic heterocycles. The maximum Gasteiger partial charge on any atom is 0.301 e. The molecule has 0 atom stereocenters. The Kier molecular flexibility index (Phi) is 4.31. The molecule has 3 N–H and O–H groups in total. The zero-order valence-corrected chi connectivity index (χ0v) is 11.2. The molecule has 0 unspecified atom stereocenters. The van der Waals surface area contributed by atoms with Gasteiger partial charge in [0.1, 0.15) is 12.4 Å². The van der Waals surface area contributed by atoms with Crippen molar-refractivity contribution < 1.29 is 13.9 Å². The van der Waals surface area contributed by atoms with E-state index in [-0.39, 0.29) is 12.4 Å². The monoisotopic (exact) mass is 300 g/mol. The van der Waals surface area contributed by atoms with Gasteiger partial charge in [0.2, 0.25) is 0 Å². The van der Waals surface area contributed by atoms with Gasteiger partial charge in [0, 0.05) is 15.6 Å². The molecule has 0 aliphatic carbocycles. The minimum Gasteiger partial charge on any atom is -0.489 e. The van der Waals surface area contributed by atoms with E-state index in [1.807, 2.05) is 5.43 Å². The number of amides is 1. The fourth-order valence-corrected chi connectivity index (χ4v) is 1.99. The summed E-state index contributed by atoms with van der Waals surface area (Å²) < 4.78 is 10.5. The summed E-state index contributed by atoms with van der Waals surface area (Å²) in [7, 11) is 0. The highest BCUT2D eigenvalue weighted by molar-refractivity contribution is 6.34. The molecule has 100 valence electrons. The number of hydrogen-bond acceptors (Lipinski definition) is 4. The van der Waals surface area contributed by atoms with Crippen molar-refractivity contribution in [3.63, 3.8) is 0 Å². The molecule has 0 fully saturated rings. The molecule has 0 saturated heterocycles. The highest BCUT2D eigenvalue weighted by atomic mass is 35.5. The Morgan fingerprint density at radius 1 is 1.32 bits per heavy atom. The molecule has 0 saturated carbocycles. The number of halogens is 2. The molecule has 0 aliphatic rings. The van der Waals surface area contributed by atoms with Crippen molar-refractivity contribution in [3.05, 3.63) is 51.9 Å². The SMILES string of the molecule is NNC(=O)c1occc1COc1cc(Cl)cc(Cl)c1. The standard InChI is InChI=1S/C12H10Cl2N2O3/c13-8-3-9(14)5-10(4-8)19-6-7-1-2-18-11(7)12(17)16-15/h1-5H,6,15H2,(H,16,17). The third-order valence-electron chi connectivity index (χ3n) is 2.31. The zero-order valence-electron chi connectivity index (χ0n) is 9.65. The first kappa shape index (κ1) is 13.7. The van der Waals surface area contributed by atoms with Gasteiger partial charge in [-0.1, -0.05) is 23.2 Å². The summed E-state index contributed by atoms with van der Waals surface area (Å²) in [6, 6.07) is 6.46. The molecule has 5 nitrogen and oxygen atoms in total. The quantitative estimate of drug-likeness (QED) is 0.517. The van der Waals surface area contributed by atoms with E-state index in [4.69, 9.17) is 38.2 Å². The summed E-state index contributed by atoms with van der Waals surface area (Å²) in [5.74, 6) is 5.13. The van der Waals surface area contributed by atoms with E-state index >= 15 is 0 Å². The topological polar surface area (TPSA) is 77.5 Å². The molecule has 0 bridgehead atoms. The average Bonchev–Trinajstić information content (AvgIpc) is 2.82. The Hall–Kier alpha value is -1.69. The van der Waals surface area contributed by atoms with Gasteiger partial charge in [0.05, 0.1) is 6.26 Å². The van der Waals surface area contributed by atoms with Gasteiger partial charge in [-0.3, -0.25) is 10.2 Å². The van der Waals surface area contributed by atoms with Crippen molar-refractivity contribution in [2.24, 2.45) is 5.84 Å². The Balaban J connectivity index is 2.10.